The van der Waals surface area contributed by atoms with Crippen LogP contribution >= 0.6 is 11.6 Å². The summed E-state index contributed by atoms with van der Waals surface area (Å²) >= 11 is 5.74. The lowest BCUT2D eigenvalue weighted by atomic mass is 10.1. The number of anilines is 2. The van der Waals surface area contributed by atoms with Crippen LogP contribution in [0.4, 0.5) is 15.8 Å². The van der Waals surface area contributed by atoms with E-state index >= 15 is 0 Å². The number of carbonyl (C=O) groups excluding carboxylic acids is 1. The average Bonchev–Trinajstić information content (AvgIpc) is 2.62. The molecule has 0 aliphatic rings. The van der Waals surface area contributed by atoms with E-state index in [-0.39, 0.29) is 17.1 Å². The van der Waals surface area contributed by atoms with Gasteiger partial charge in [0.1, 0.15) is 17.6 Å². The molecule has 2 rings (SSSR count). The smallest absolute Gasteiger partial charge is 0.248 e. The summed E-state index contributed by atoms with van der Waals surface area (Å²) in [5.41, 5.74) is 0.611. The minimum Gasteiger partial charge on any atom is -0.494 e. The van der Waals surface area contributed by atoms with Crippen molar-refractivity contribution in [3.8, 4) is 5.75 Å². The monoisotopic (exact) mass is 428 g/mol. The molecule has 0 aliphatic carbocycles. The zero-order valence-corrected chi connectivity index (χ0v) is 17.3. The van der Waals surface area contributed by atoms with Crippen LogP contribution in [0.1, 0.15) is 20.3 Å². The van der Waals surface area contributed by atoms with Crippen molar-refractivity contribution in [1.82, 2.24) is 0 Å². The average molecular weight is 429 g/mol. The second kappa shape index (κ2) is 9.25. The molecule has 0 saturated carbocycles. The predicted molar refractivity (Wildman–Crippen MR) is 109 cm³/mol. The van der Waals surface area contributed by atoms with E-state index in [0.29, 0.717) is 18.0 Å². The molecule has 9 heteroatoms. The van der Waals surface area contributed by atoms with Crippen LogP contribution in [0.15, 0.2) is 42.5 Å². The van der Waals surface area contributed by atoms with Gasteiger partial charge in [-0.05, 0) is 55.8 Å². The number of rotatable bonds is 8. The number of nitrogens with one attached hydrogen (secondary N) is 1. The molecule has 0 bridgehead atoms. The number of benzene rings is 2. The Balaban J connectivity index is 2.34. The highest BCUT2D eigenvalue weighted by Gasteiger charge is 2.31. The van der Waals surface area contributed by atoms with Crippen LogP contribution in [0, 0.1) is 5.82 Å². The van der Waals surface area contributed by atoms with Gasteiger partial charge in [0, 0.05) is 5.69 Å². The van der Waals surface area contributed by atoms with Gasteiger partial charge in [0.2, 0.25) is 15.9 Å². The Morgan fingerprint density at radius 2 is 1.86 bits per heavy atom. The molecule has 1 N–H and O–H groups in total. The molecular formula is C19H22ClFN2O4S. The first-order chi connectivity index (χ1) is 13.2. The Bertz CT molecular complexity index is 935. The first-order valence-electron chi connectivity index (χ1n) is 8.65. The van der Waals surface area contributed by atoms with E-state index in [1.54, 1.807) is 31.2 Å². The number of hydrogen-bond donors (Lipinski definition) is 1. The van der Waals surface area contributed by atoms with Crippen LogP contribution in [-0.2, 0) is 14.8 Å². The number of amides is 1. The molecule has 1 amide bonds. The molecule has 0 saturated heterocycles. The molecule has 0 aromatic heterocycles. The maximum atomic E-state index is 13.3. The van der Waals surface area contributed by atoms with Crippen LogP contribution in [0.5, 0.6) is 5.75 Å². The van der Waals surface area contributed by atoms with Crippen LogP contribution in [0.25, 0.3) is 0 Å². The van der Waals surface area contributed by atoms with E-state index in [0.717, 1.165) is 16.6 Å². The third kappa shape index (κ3) is 5.36. The molecule has 6 nitrogen and oxygen atoms in total. The minimum atomic E-state index is -3.76. The summed E-state index contributed by atoms with van der Waals surface area (Å²) in [6.45, 7) is 4.03. The molecule has 2 aromatic carbocycles. The predicted octanol–water partition coefficient (Wildman–Crippen LogP) is 4.06. The van der Waals surface area contributed by atoms with Crippen molar-refractivity contribution in [3.05, 3.63) is 53.3 Å². The molecule has 28 heavy (non-hydrogen) atoms. The second-order valence-corrected chi connectivity index (χ2v) is 8.29. The fourth-order valence-corrected chi connectivity index (χ4v) is 4.11. The Morgan fingerprint density at radius 3 is 2.36 bits per heavy atom. The Hall–Kier alpha value is -2.32. The summed E-state index contributed by atoms with van der Waals surface area (Å²) in [5.74, 6) is -0.568. The SMILES string of the molecule is CCOc1ccc(N(C(CC)C(=O)Nc2ccc(F)c(Cl)c2)S(C)(=O)=O)cc1. The third-order valence-electron chi connectivity index (χ3n) is 3.92. The highest BCUT2D eigenvalue weighted by atomic mass is 35.5. The minimum absolute atomic E-state index is 0.141. The van der Waals surface area contributed by atoms with Crippen LogP contribution in [0.2, 0.25) is 5.02 Å². The van der Waals surface area contributed by atoms with Crippen LogP contribution in [-0.4, -0.2) is 33.2 Å². The molecule has 0 spiro atoms. The molecule has 152 valence electrons. The normalized spacial score (nSPS) is 12.3. The largest absolute Gasteiger partial charge is 0.494 e. The van der Waals surface area contributed by atoms with Crippen molar-refractivity contribution in [3.63, 3.8) is 0 Å². The van der Waals surface area contributed by atoms with Crippen LogP contribution in [0.3, 0.4) is 0 Å². The topological polar surface area (TPSA) is 75.7 Å². The molecule has 1 atom stereocenters. The summed E-state index contributed by atoms with van der Waals surface area (Å²) in [6.07, 6.45) is 1.26. The lowest BCUT2D eigenvalue weighted by Gasteiger charge is -2.30. The van der Waals surface area contributed by atoms with Gasteiger partial charge in [0.25, 0.3) is 0 Å². The Morgan fingerprint density at radius 1 is 1.21 bits per heavy atom. The molecule has 0 fully saturated rings. The zero-order chi connectivity index (χ0) is 20.9. The van der Waals surface area contributed by atoms with E-state index in [4.69, 9.17) is 16.3 Å². The van der Waals surface area contributed by atoms with Crippen molar-refractivity contribution in [2.75, 3.05) is 22.5 Å². The van der Waals surface area contributed by atoms with Crippen molar-refractivity contribution < 1.29 is 22.3 Å². The fraction of sp³-hybridized carbons (Fsp3) is 0.316. The van der Waals surface area contributed by atoms with Gasteiger partial charge in [-0.25, -0.2) is 12.8 Å². The van der Waals surface area contributed by atoms with E-state index < -0.39 is 27.8 Å². The molecule has 0 radical (unpaired) electrons. The van der Waals surface area contributed by atoms with Gasteiger partial charge in [-0.3, -0.25) is 9.10 Å². The lowest BCUT2D eigenvalue weighted by Crippen LogP contribution is -2.47. The summed E-state index contributed by atoms with van der Waals surface area (Å²) < 4.78 is 44.6. The van der Waals surface area contributed by atoms with Crippen LogP contribution < -0.4 is 14.4 Å². The van der Waals surface area contributed by atoms with Gasteiger partial charge in [0.05, 0.1) is 23.6 Å². The van der Waals surface area contributed by atoms with Gasteiger partial charge < -0.3 is 10.1 Å². The highest BCUT2D eigenvalue weighted by molar-refractivity contribution is 7.92. The number of carbonyl (C=O) groups is 1. The molecule has 2 aromatic rings. The number of nitrogens with zero attached hydrogens (tertiary/aromatic N) is 1. The van der Waals surface area contributed by atoms with E-state index in [1.807, 2.05) is 6.92 Å². The maximum absolute atomic E-state index is 13.3. The molecule has 1 unspecified atom stereocenters. The van der Waals surface area contributed by atoms with Gasteiger partial charge in [-0.1, -0.05) is 18.5 Å². The lowest BCUT2D eigenvalue weighted by molar-refractivity contribution is -0.117. The van der Waals surface area contributed by atoms with Crippen molar-refractivity contribution in [1.29, 1.82) is 0 Å². The number of ether oxygens (including phenoxy) is 1. The standard InChI is InChI=1S/C19H22ClFN2O4S/c1-4-18(19(24)22-13-6-11-17(21)16(20)12-13)23(28(3,25)26)14-7-9-15(10-8-14)27-5-2/h6-12,18H,4-5H2,1-3H3,(H,22,24). The maximum Gasteiger partial charge on any atom is 0.248 e. The van der Waals surface area contributed by atoms with Gasteiger partial charge in [-0.15, -0.1) is 0 Å². The number of sulfonamides is 1. The molecule has 0 heterocycles. The van der Waals surface area contributed by atoms with Gasteiger partial charge in [0.15, 0.2) is 0 Å². The first-order valence-corrected chi connectivity index (χ1v) is 10.9. The van der Waals surface area contributed by atoms with Crippen molar-refractivity contribution in [2.24, 2.45) is 0 Å². The zero-order valence-electron chi connectivity index (χ0n) is 15.8. The Labute approximate surface area is 169 Å². The van der Waals surface area contributed by atoms with E-state index in [2.05, 4.69) is 5.32 Å². The fourth-order valence-electron chi connectivity index (χ4n) is 2.72. The summed E-state index contributed by atoms with van der Waals surface area (Å²) in [5, 5.41) is 2.45. The summed E-state index contributed by atoms with van der Waals surface area (Å²) in [6, 6.07) is 9.18. The van der Waals surface area contributed by atoms with Gasteiger partial charge >= 0.3 is 0 Å². The number of hydrogen-bond acceptors (Lipinski definition) is 4. The summed E-state index contributed by atoms with van der Waals surface area (Å²) in [4.78, 5) is 12.8. The first kappa shape index (κ1) is 22.0. The van der Waals surface area contributed by atoms with E-state index in [1.165, 1.54) is 12.1 Å². The Kier molecular flexibility index (Phi) is 7.26. The molecule has 0 aliphatic heterocycles. The van der Waals surface area contributed by atoms with Gasteiger partial charge in [-0.2, -0.15) is 0 Å². The highest BCUT2D eigenvalue weighted by Crippen LogP contribution is 2.26. The molecular weight excluding hydrogens is 407 g/mol. The summed E-state index contributed by atoms with van der Waals surface area (Å²) in [7, 11) is -3.76. The second-order valence-electron chi connectivity index (χ2n) is 6.03. The number of halogens is 2. The quantitative estimate of drug-likeness (QED) is 0.687. The van der Waals surface area contributed by atoms with E-state index in [9.17, 15) is 17.6 Å². The third-order valence-corrected chi connectivity index (χ3v) is 5.39. The van der Waals surface area contributed by atoms with Crippen molar-refractivity contribution >= 4 is 38.9 Å². The van der Waals surface area contributed by atoms with Crippen molar-refractivity contribution in [2.45, 2.75) is 26.3 Å².